The molecule has 0 amide bonds. The van der Waals surface area contributed by atoms with E-state index in [0.717, 1.165) is 12.1 Å². The van der Waals surface area contributed by atoms with E-state index in [-0.39, 0.29) is 0 Å². The van der Waals surface area contributed by atoms with Crippen LogP contribution in [0.4, 0.5) is 0 Å². The lowest BCUT2D eigenvalue weighted by Crippen LogP contribution is -2.02. The number of aryl methyl sites for hydroxylation is 1. The number of rotatable bonds is 2. The van der Waals surface area contributed by atoms with E-state index in [1.54, 1.807) is 0 Å². The Hall–Kier alpha value is -0.890. The van der Waals surface area contributed by atoms with E-state index in [9.17, 15) is 0 Å². The molecule has 0 saturated carbocycles. The minimum Gasteiger partial charge on any atom is -0.330 e. The van der Waals surface area contributed by atoms with E-state index >= 15 is 0 Å². The van der Waals surface area contributed by atoms with Crippen molar-refractivity contribution in [1.82, 2.24) is 4.98 Å². The van der Waals surface area contributed by atoms with Crippen molar-refractivity contribution in [2.45, 2.75) is 13.3 Å². The van der Waals surface area contributed by atoms with Crippen LogP contribution in [0.5, 0.6) is 0 Å². The van der Waals surface area contributed by atoms with Crippen molar-refractivity contribution in [3.05, 3.63) is 29.6 Å². The van der Waals surface area contributed by atoms with E-state index in [1.165, 1.54) is 5.56 Å². The molecule has 0 saturated heterocycles. The van der Waals surface area contributed by atoms with Gasteiger partial charge in [0.2, 0.25) is 0 Å². The summed E-state index contributed by atoms with van der Waals surface area (Å²) in [4.78, 5) is 4.08. The molecule has 0 aliphatic heterocycles. The van der Waals surface area contributed by atoms with Gasteiger partial charge in [-0.25, -0.2) is 0 Å². The molecular formula is C8H12N2. The van der Waals surface area contributed by atoms with Crippen molar-refractivity contribution < 1.29 is 0 Å². The summed E-state index contributed by atoms with van der Waals surface area (Å²) in [6.45, 7) is 2.70. The molecule has 2 nitrogen and oxygen atoms in total. The molecule has 10 heavy (non-hydrogen) atoms. The van der Waals surface area contributed by atoms with Crippen molar-refractivity contribution in [3.63, 3.8) is 0 Å². The SMILES string of the molecule is Cc1cc(CCN)ccn1. The summed E-state index contributed by atoms with van der Waals surface area (Å²) in [5, 5.41) is 0. The Balaban J connectivity index is 2.75. The number of hydrogen-bond donors (Lipinski definition) is 1. The van der Waals surface area contributed by atoms with Crippen LogP contribution >= 0.6 is 0 Å². The van der Waals surface area contributed by atoms with Gasteiger partial charge in [0.05, 0.1) is 0 Å². The summed E-state index contributed by atoms with van der Waals surface area (Å²) in [7, 11) is 0. The van der Waals surface area contributed by atoms with E-state index in [4.69, 9.17) is 5.73 Å². The van der Waals surface area contributed by atoms with Gasteiger partial charge in [0, 0.05) is 11.9 Å². The third-order valence-corrected chi connectivity index (χ3v) is 1.39. The van der Waals surface area contributed by atoms with Crippen LogP contribution in [0.2, 0.25) is 0 Å². The second-order valence-electron chi connectivity index (χ2n) is 2.34. The molecule has 0 radical (unpaired) electrons. The topological polar surface area (TPSA) is 38.9 Å². The molecule has 1 heterocycles. The number of pyridine rings is 1. The first kappa shape index (κ1) is 7.22. The van der Waals surface area contributed by atoms with Gasteiger partial charge in [0.15, 0.2) is 0 Å². The van der Waals surface area contributed by atoms with Gasteiger partial charge in [-0.1, -0.05) is 0 Å². The van der Waals surface area contributed by atoms with Crippen molar-refractivity contribution in [3.8, 4) is 0 Å². The monoisotopic (exact) mass is 136 g/mol. The maximum atomic E-state index is 5.39. The fourth-order valence-corrected chi connectivity index (χ4v) is 0.926. The normalized spacial score (nSPS) is 9.80. The predicted molar refractivity (Wildman–Crippen MR) is 41.7 cm³/mol. The summed E-state index contributed by atoms with van der Waals surface area (Å²) in [5.41, 5.74) is 7.72. The van der Waals surface area contributed by atoms with Crippen molar-refractivity contribution in [2.24, 2.45) is 5.73 Å². The Kier molecular flexibility index (Phi) is 2.40. The molecule has 0 spiro atoms. The van der Waals surface area contributed by atoms with Gasteiger partial charge in [-0.05, 0) is 37.6 Å². The minimum atomic E-state index is 0.712. The van der Waals surface area contributed by atoms with Crippen LogP contribution in [0.25, 0.3) is 0 Å². The van der Waals surface area contributed by atoms with Gasteiger partial charge < -0.3 is 5.73 Å². The second-order valence-corrected chi connectivity index (χ2v) is 2.34. The summed E-state index contributed by atoms with van der Waals surface area (Å²) in [6.07, 6.45) is 2.77. The highest BCUT2D eigenvalue weighted by Gasteiger charge is 1.90. The van der Waals surface area contributed by atoms with Gasteiger partial charge >= 0.3 is 0 Å². The van der Waals surface area contributed by atoms with Crippen molar-refractivity contribution in [2.75, 3.05) is 6.54 Å². The maximum absolute atomic E-state index is 5.39. The molecule has 2 heteroatoms. The second kappa shape index (κ2) is 3.32. The van der Waals surface area contributed by atoms with Crippen molar-refractivity contribution >= 4 is 0 Å². The average molecular weight is 136 g/mol. The third kappa shape index (κ3) is 1.81. The smallest absolute Gasteiger partial charge is 0.0375 e. The Morgan fingerprint density at radius 2 is 2.40 bits per heavy atom. The molecule has 0 aromatic carbocycles. The summed E-state index contributed by atoms with van der Waals surface area (Å²) in [6, 6.07) is 4.06. The standard InChI is InChI=1S/C8H12N2/c1-7-6-8(2-4-9)3-5-10-7/h3,5-6H,2,4,9H2,1H3. The lowest BCUT2D eigenvalue weighted by Gasteiger charge is -1.97. The maximum Gasteiger partial charge on any atom is 0.0375 e. The van der Waals surface area contributed by atoms with Crippen molar-refractivity contribution in [1.29, 1.82) is 0 Å². The van der Waals surface area contributed by atoms with Crippen LogP contribution in [-0.2, 0) is 6.42 Å². The van der Waals surface area contributed by atoms with Crippen LogP contribution in [0, 0.1) is 6.92 Å². The van der Waals surface area contributed by atoms with Crippen LogP contribution in [0.1, 0.15) is 11.3 Å². The Bertz CT molecular complexity index is 208. The third-order valence-electron chi connectivity index (χ3n) is 1.39. The Labute approximate surface area is 61.1 Å². The molecule has 0 aliphatic carbocycles. The molecule has 0 atom stereocenters. The van der Waals surface area contributed by atoms with Crippen LogP contribution in [0.3, 0.4) is 0 Å². The molecule has 0 aliphatic rings. The summed E-state index contributed by atoms with van der Waals surface area (Å²) < 4.78 is 0. The fraction of sp³-hybridized carbons (Fsp3) is 0.375. The zero-order valence-corrected chi connectivity index (χ0v) is 6.17. The Morgan fingerprint density at radius 1 is 1.60 bits per heavy atom. The number of hydrogen-bond acceptors (Lipinski definition) is 2. The van der Waals surface area contributed by atoms with Gasteiger partial charge in [-0.3, -0.25) is 4.98 Å². The zero-order chi connectivity index (χ0) is 7.40. The molecule has 0 fully saturated rings. The fourth-order valence-electron chi connectivity index (χ4n) is 0.926. The van der Waals surface area contributed by atoms with E-state index in [2.05, 4.69) is 11.1 Å². The first-order chi connectivity index (χ1) is 4.83. The number of aromatic nitrogens is 1. The zero-order valence-electron chi connectivity index (χ0n) is 6.17. The van der Waals surface area contributed by atoms with E-state index < -0.39 is 0 Å². The largest absolute Gasteiger partial charge is 0.330 e. The molecule has 1 aromatic rings. The van der Waals surface area contributed by atoms with Gasteiger partial charge in [-0.15, -0.1) is 0 Å². The highest BCUT2D eigenvalue weighted by Crippen LogP contribution is 1.99. The van der Waals surface area contributed by atoms with Crippen LogP contribution in [0.15, 0.2) is 18.3 Å². The van der Waals surface area contributed by atoms with Gasteiger partial charge in [0.25, 0.3) is 0 Å². The lowest BCUT2D eigenvalue weighted by atomic mass is 10.2. The molecular weight excluding hydrogens is 124 g/mol. The highest BCUT2D eigenvalue weighted by atomic mass is 14.6. The number of nitrogens with two attached hydrogens (primary N) is 1. The molecule has 2 N–H and O–H groups in total. The first-order valence-corrected chi connectivity index (χ1v) is 3.44. The molecule has 0 bridgehead atoms. The first-order valence-electron chi connectivity index (χ1n) is 3.44. The minimum absolute atomic E-state index is 0.712. The molecule has 1 rings (SSSR count). The lowest BCUT2D eigenvalue weighted by molar-refractivity contribution is 0.958. The van der Waals surface area contributed by atoms with Crippen LogP contribution < -0.4 is 5.73 Å². The summed E-state index contributed by atoms with van der Waals surface area (Å²) >= 11 is 0. The molecule has 1 aromatic heterocycles. The Morgan fingerprint density at radius 3 is 3.00 bits per heavy atom. The predicted octanol–water partition coefficient (Wildman–Crippen LogP) is 0.891. The van der Waals surface area contributed by atoms with Gasteiger partial charge in [-0.2, -0.15) is 0 Å². The van der Waals surface area contributed by atoms with Crippen LogP contribution in [-0.4, -0.2) is 11.5 Å². The van der Waals surface area contributed by atoms with E-state index in [1.807, 2.05) is 19.2 Å². The quantitative estimate of drug-likeness (QED) is 0.655. The molecule has 54 valence electrons. The van der Waals surface area contributed by atoms with Gasteiger partial charge in [0.1, 0.15) is 0 Å². The summed E-state index contributed by atoms with van der Waals surface area (Å²) in [5.74, 6) is 0. The average Bonchev–Trinajstić information content (AvgIpc) is 1.88. The highest BCUT2D eigenvalue weighted by molar-refractivity contribution is 5.15. The molecule has 0 unspecified atom stereocenters. The number of nitrogens with zero attached hydrogens (tertiary/aromatic N) is 1. The van der Waals surface area contributed by atoms with E-state index in [0.29, 0.717) is 6.54 Å².